The molecule has 1 aromatic heterocycles. The third kappa shape index (κ3) is 3.52. The van der Waals surface area contributed by atoms with Crippen LogP contribution in [0.5, 0.6) is 5.75 Å². The number of carbonyl (C=O) groups is 1. The molecule has 0 spiro atoms. The largest absolute Gasteiger partial charge is 0.491 e. The zero-order valence-electron chi connectivity index (χ0n) is 11.9. The molecule has 1 atom stereocenters. The van der Waals surface area contributed by atoms with Crippen molar-refractivity contribution < 1.29 is 9.53 Å². The average molecular weight is 280 g/mol. The van der Waals surface area contributed by atoms with Crippen molar-refractivity contribution in [3.05, 3.63) is 16.2 Å². The number of carbonyl (C=O) groups excluding carboxylic acids is 1. The van der Waals surface area contributed by atoms with Crippen LogP contribution in [-0.2, 0) is 0 Å². The van der Waals surface area contributed by atoms with Crippen molar-refractivity contribution >= 4 is 14.1 Å². The molecule has 0 aromatic carbocycles. The van der Waals surface area contributed by atoms with Crippen molar-refractivity contribution in [3.63, 3.8) is 0 Å². The SMILES string of the molecule is CC(C)c1[pH]c(C(N)=O)c(OCCC#N)c1C(C)C. The lowest BCUT2D eigenvalue weighted by atomic mass is 9.97. The van der Waals surface area contributed by atoms with E-state index in [4.69, 9.17) is 15.7 Å². The Morgan fingerprint density at radius 3 is 2.42 bits per heavy atom. The molecule has 0 saturated heterocycles. The molecule has 0 bridgehead atoms. The highest BCUT2D eigenvalue weighted by molar-refractivity contribution is 7.34. The lowest BCUT2D eigenvalue weighted by Gasteiger charge is -2.14. The van der Waals surface area contributed by atoms with Crippen molar-refractivity contribution in [1.82, 2.24) is 0 Å². The standard InChI is InChI=1S/C14H21N2O2P/c1-8(2)10-11(18-7-5-6-15)13(14(16)17)19-12(10)9(3)4/h8-9,19H,5,7H2,1-4H3,(H2,16,17). The molecule has 1 heterocycles. The monoisotopic (exact) mass is 280 g/mol. The van der Waals surface area contributed by atoms with Gasteiger partial charge in [-0.25, -0.2) is 0 Å². The number of nitrogens with zero attached hydrogens (tertiary/aromatic N) is 1. The molecular formula is C14H21N2O2P. The second-order valence-electron chi connectivity index (χ2n) is 5.09. The number of amides is 1. The summed E-state index contributed by atoms with van der Waals surface area (Å²) in [5, 5.41) is 10.4. The Morgan fingerprint density at radius 1 is 1.37 bits per heavy atom. The predicted octanol–water partition coefficient (Wildman–Crippen LogP) is 3.36. The molecule has 0 radical (unpaired) electrons. The molecule has 0 aliphatic heterocycles. The van der Waals surface area contributed by atoms with Gasteiger partial charge >= 0.3 is 0 Å². The second kappa shape index (κ2) is 6.63. The molecule has 2 N–H and O–H groups in total. The van der Waals surface area contributed by atoms with Crippen LogP contribution >= 0.6 is 8.19 Å². The van der Waals surface area contributed by atoms with Gasteiger partial charge < -0.3 is 10.5 Å². The fourth-order valence-corrected chi connectivity index (χ4v) is 3.60. The van der Waals surface area contributed by atoms with Gasteiger partial charge in [0, 0.05) is 5.56 Å². The summed E-state index contributed by atoms with van der Waals surface area (Å²) in [5.41, 5.74) is 6.55. The van der Waals surface area contributed by atoms with Crippen molar-refractivity contribution in [1.29, 1.82) is 5.26 Å². The molecule has 5 heteroatoms. The minimum absolute atomic E-state index is 0.277. The fourth-order valence-electron chi connectivity index (χ4n) is 2.07. The van der Waals surface area contributed by atoms with Gasteiger partial charge in [-0.2, -0.15) is 5.26 Å². The number of nitrogens with two attached hydrogens (primary N) is 1. The smallest absolute Gasteiger partial charge is 0.256 e. The molecule has 4 nitrogen and oxygen atoms in total. The summed E-state index contributed by atoms with van der Waals surface area (Å²) in [6, 6.07) is 2.04. The maximum atomic E-state index is 11.6. The van der Waals surface area contributed by atoms with E-state index < -0.39 is 5.91 Å². The Hall–Kier alpha value is -1.46. The van der Waals surface area contributed by atoms with Crippen LogP contribution in [0.15, 0.2) is 0 Å². The molecule has 1 rings (SSSR count). The maximum absolute atomic E-state index is 11.6. The van der Waals surface area contributed by atoms with E-state index in [2.05, 4.69) is 27.7 Å². The predicted molar refractivity (Wildman–Crippen MR) is 78.4 cm³/mol. The Morgan fingerprint density at radius 2 is 2.00 bits per heavy atom. The topological polar surface area (TPSA) is 76.1 Å². The number of primary amides is 1. The summed E-state index contributed by atoms with van der Waals surface area (Å²) >= 11 is 0. The quantitative estimate of drug-likeness (QED) is 0.812. The molecule has 104 valence electrons. The molecule has 1 aromatic rings. The Bertz CT molecular complexity index is 498. The molecule has 19 heavy (non-hydrogen) atoms. The maximum Gasteiger partial charge on any atom is 0.256 e. The van der Waals surface area contributed by atoms with Crippen LogP contribution in [0.2, 0.25) is 0 Å². The van der Waals surface area contributed by atoms with Gasteiger partial charge in [-0.3, -0.25) is 4.79 Å². The van der Waals surface area contributed by atoms with Crippen molar-refractivity contribution in [2.45, 2.75) is 46.0 Å². The van der Waals surface area contributed by atoms with Crippen LogP contribution in [-0.4, -0.2) is 12.5 Å². The van der Waals surface area contributed by atoms with E-state index in [1.165, 1.54) is 5.30 Å². The van der Waals surface area contributed by atoms with Crippen molar-refractivity contribution in [2.24, 2.45) is 5.73 Å². The lowest BCUT2D eigenvalue weighted by Crippen LogP contribution is -2.11. The number of rotatable bonds is 6. The van der Waals surface area contributed by atoms with Gasteiger partial charge in [0.05, 0.1) is 17.8 Å². The van der Waals surface area contributed by atoms with Gasteiger partial charge in [-0.05, 0) is 17.1 Å². The van der Waals surface area contributed by atoms with Gasteiger partial charge in [0.2, 0.25) is 0 Å². The minimum atomic E-state index is -0.418. The van der Waals surface area contributed by atoms with Crippen LogP contribution in [0.25, 0.3) is 0 Å². The molecule has 1 amide bonds. The third-order valence-electron chi connectivity index (χ3n) is 2.88. The van der Waals surface area contributed by atoms with E-state index in [0.29, 0.717) is 38.2 Å². The highest BCUT2D eigenvalue weighted by Crippen LogP contribution is 2.46. The van der Waals surface area contributed by atoms with Gasteiger partial charge in [0.15, 0.2) is 0 Å². The summed E-state index contributed by atoms with van der Waals surface area (Å²) in [7, 11) is 0.294. The molecule has 0 aliphatic rings. The molecular weight excluding hydrogens is 259 g/mol. The van der Waals surface area contributed by atoms with E-state index in [-0.39, 0.29) is 5.92 Å². The molecule has 1 unspecified atom stereocenters. The van der Waals surface area contributed by atoms with Crippen LogP contribution in [0.4, 0.5) is 0 Å². The number of nitriles is 1. The highest BCUT2D eigenvalue weighted by Gasteiger charge is 2.24. The fraction of sp³-hybridized carbons (Fsp3) is 0.571. The first kappa shape index (κ1) is 15.6. The van der Waals surface area contributed by atoms with Crippen LogP contribution < -0.4 is 10.5 Å². The normalized spacial score (nSPS) is 11.2. The number of hydrogen-bond acceptors (Lipinski definition) is 3. The lowest BCUT2D eigenvalue weighted by molar-refractivity contribution is 0.100. The van der Waals surface area contributed by atoms with Gasteiger partial charge in [-0.1, -0.05) is 27.7 Å². The van der Waals surface area contributed by atoms with Crippen LogP contribution in [0, 0.1) is 11.3 Å². The summed E-state index contributed by atoms with van der Waals surface area (Å²) in [6.07, 6.45) is 0.307. The molecule has 0 saturated carbocycles. The van der Waals surface area contributed by atoms with E-state index in [9.17, 15) is 4.79 Å². The van der Waals surface area contributed by atoms with Gasteiger partial charge in [0.25, 0.3) is 5.91 Å². The van der Waals surface area contributed by atoms with E-state index in [1.807, 2.05) is 6.07 Å². The Kier molecular flexibility index (Phi) is 5.44. The van der Waals surface area contributed by atoms with Crippen molar-refractivity contribution in [2.75, 3.05) is 6.61 Å². The number of ether oxygens (including phenoxy) is 1. The third-order valence-corrected chi connectivity index (χ3v) is 4.72. The zero-order valence-corrected chi connectivity index (χ0v) is 12.9. The van der Waals surface area contributed by atoms with Crippen LogP contribution in [0.1, 0.15) is 66.9 Å². The average Bonchev–Trinajstić information content (AvgIpc) is 2.69. The second-order valence-corrected chi connectivity index (χ2v) is 6.38. The van der Waals surface area contributed by atoms with Gasteiger partial charge in [-0.15, -0.1) is 8.19 Å². The van der Waals surface area contributed by atoms with E-state index >= 15 is 0 Å². The minimum Gasteiger partial charge on any atom is -0.491 e. The zero-order chi connectivity index (χ0) is 14.6. The molecule has 0 fully saturated rings. The first-order valence-electron chi connectivity index (χ1n) is 6.45. The summed E-state index contributed by atoms with van der Waals surface area (Å²) < 4.78 is 5.68. The van der Waals surface area contributed by atoms with E-state index in [1.54, 1.807) is 0 Å². The van der Waals surface area contributed by atoms with Crippen LogP contribution in [0.3, 0.4) is 0 Å². The summed E-state index contributed by atoms with van der Waals surface area (Å²) in [5.74, 6) is 0.847. The number of hydrogen-bond donors (Lipinski definition) is 1. The first-order valence-corrected chi connectivity index (χ1v) is 7.45. The van der Waals surface area contributed by atoms with Gasteiger partial charge in [0.1, 0.15) is 12.4 Å². The molecule has 0 aliphatic carbocycles. The first-order chi connectivity index (χ1) is 8.90. The summed E-state index contributed by atoms with van der Waals surface area (Å²) in [4.78, 5) is 11.6. The highest BCUT2D eigenvalue weighted by atomic mass is 31.0. The Labute approximate surface area is 116 Å². The summed E-state index contributed by atoms with van der Waals surface area (Å²) in [6.45, 7) is 8.69. The van der Waals surface area contributed by atoms with Crippen molar-refractivity contribution in [3.8, 4) is 11.8 Å². The van der Waals surface area contributed by atoms with E-state index in [0.717, 1.165) is 5.56 Å². The Balaban J connectivity index is 3.29.